The summed E-state index contributed by atoms with van der Waals surface area (Å²) in [7, 11) is -0.0271. The van der Waals surface area contributed by atoms with Crippen LogP contribution in [0.4, 0.5) is 0 Å². The first kappa shape index (κ1) is 14.2. The van der Waals surface area contributed by atoms with Crippen LogP contribution in [0, 0.1) is 0 Å². The van der Waals surface area contributed by atoms with Crippen molar-refractivity contribution in [2.45, 2.75) is 11.1 Å². The van der Waals surface area contributed by atoms with Crippen molar-refractivity contribution in [2.75, 3.05) is 19.7 Å². The molecule has 1 aliphatic rings. The molecular weight excluding hydrogens is 294 g/mol. The lowest BCUT2D eigenvalue weighted by atomic mass is 10.2. The molecule has 0 N–H and O–H groups in total. The molecule has 0 aromatic carbocycles. The van der Waals surface area contributed by atoms with E-state index in [1.807, 2.05) is 13.2 Å². The normalized spacial score (nSPS) is 20.8. The number of aryl methyl sites for hydroxylation is 2. The van der Waals surface area contributed by atoms with Gasteiger partial charge in [0.15, 0.2) is 5.03 Å². The first-order chi connectivity index (χ1) is 9.96. The SMILES string of the molecule is Cn1cnc(S(=O)(=O)N2CCOC(c3cnn(C)c3)C2)c1. The summed E-state index contributed by atoms with van der Waals surface area (Å²) in [5, 5.41) is 4.16. The predicted molar refractivity (Wildman–Crippen MR) is 73.9 cm³/mol. The molecule has 1 atom stereocenters. The zero-order valence-electron chi connectivity index (χ0n) is 11.9. The van der Waals surface area contributed by atoms with Gasteiger partial charge < -0.3 is 9.30 Å². The van der Waals surface area contributed by atoms with E-state index in [1.165, 1.54) is 16.8 Å². The number of ether oxygens (including phenoxy) is 1. The van der Waals surface area contributed by atoms with Crippen LogP contribution >= 0.6 is 0 Å². The molecule has 0 saturated carbocycles. The van der Waals surface area contributed by atoms with Crippen molar-refractivity contribution >= 4 is 10.0 Å². The molecular formula is C12H17N5O3S. The number of morpholine rings is 1. The molecule has 21 heavy (non-hydrogen) atoms. The Morgan fingerprint density at radius 1 is 1.33 bits per heavy atom. The fourth-order valence-corrected chi connectivity index (χ4v) is 3.70. The van der Waals surface area contributed by atoms with E-state index in [1.54, 1.807) is 22.5 Å². The summed E-state index contributed by atoms with van der Waals surface area (Å²) in [5.41, 5.74) is 0.874. The molecule has 1 aliphatic heterocycles. The average Bonchev–Trinajstić information content (AvgIpc) is 3.08. The summed E-state index contributed by atoms with van der Waals surface area (Å²) >= 11 is 0. The zero-order chi connectivity index (χ0) is 15.0. The Kier molecular flexibility index (Phi) is 3.56. The largest absolute Gasteiger partial charge is 0.371 e. The van der Waals surface area contributed by atoms with E-state index in [9.17, 15) is 8.42 Å². The summed E-state index contributed by atoms with van der Waals surface area (Å²) < 4.78 is 35.5. The van der Waals surface area contributed by atoms with Gasteiger partial charge in [0.05, 0.1) is 25.2 Å². The number of rotatable bonds is 3. The van der Waals surface area contributed by atoms with E-state index in [2.05, 4.69) is 10.1 Å². The van der Waals surface area contributed by atoms with Crippen molar-refractivity contribution in [2.24, 2.45) is 14.1 Å². The van der Waals surface area contributed by atoms with Crippen molar-refractivity contribution in [3.05, 3.63) is 30.5 Å². The fourth-order valence-electron chi connectivity index (χ4n) is 2.31. The maximum atomic E-state index is 12.6. The average molecular weight is 311 g/mol. The second-order valence-electron chi connectivity index (χ2n) is 5.05. The number of aromatic nitrogens is 4. The van der Waals surface area contributed by atoms with Crippen molar-refractivity contribution in [1.29, 1.82) is 0 Å². The van der Waals surface area contributed by atoms with Crippen LogP contribution < -0.4 is 0 Å². The highest BCUT2D eigenvalue weighted by molar-refractivity contribution is 7.89. The first-order valence-corrected chi connectivity index (χ1v) is 7.99. The lowest BCUT2D eigenvalue weighted by molar-refractivity contribution is -0.00265. The van der Waals surface area contributed by atoms with Gasteiger partial charge in [-0.3, -0.25) is 4.68 Å². The summed E-state index contributed by atoms with van der Waals surface area (Å²) in [6.07, 6.45) is 6.21. The number of hydrogen-bond acceptors (Lipinski definition) is 5. The molecule has 1 saturated heterocycles. The molecule has 0 amide bonds. The van der Waals surface area contributed by atoms with Gasteiger partial charge in [-0.25, -0.2) is 13.4 Å². The van der Waals surface area contributed by atoms with Crippen LogP contribution in [0.3, 0.4) is 0 Å². The van der Waals surface area contributed by atoms with Crippen LogP contribution in [0.1, 0.15) is 11.7 Å². The zero-order valence-corrected chi connectivity index (χ0v) is 12.7. The Hall–Kier alpha value is -1.71. The molecule has 1 unspecified atom stereocenters. The highest BCUT2D eigenvalue weighted by Gasteiger charge is 2.33. The van der Waals surface area contributed by atoms with E-state index in [-0.39, 0.29) is 17.7 Å². The van der Waals surface area contributed by atoms with Gasteiger partial charge in [0, 0.05) is 45.1 Å². The summed E-state index contributed by atoms with van der Waals surface area (Å²) in [6.45, 7) is 0.950. The van der Waals surface area contributed by atoms with Crippen LogP contribution in [-0.4, -0.2) is 51.8 Å². The minimum atomic E-state index is -3.58. The number of nitrogens with zero attached hydrogens (tertiary/aromatic N) is 5. The van der Waals surface area contributed by atoms with Gasteiger partial charge in [-0.05, 0) is 0 Å². The standard InChI is InChI=1S/C12H17N5O3S/c1-15-8-12(13-9-15)21(18,19)17-3-4-20-11(7-17)10-5-14-16(2)6-10/h5-6,8-9,11H,3-4,7H2,1-2H3. The number of sulfonamides is 1. The Balaban J connectivity index is 1.83. The molecule has 0 aliphatic carbocycles. The summed E-state index contributed by atoms with van der Waals surface area (Å²) in [5.74, 6) is 0. The predicted octanol–water partition coefficient (Wildman–Crippen LogP) is -0.0842. The third-order valence-electron chi connectivity index (χ3n) is 3.41. The van der Waals surface area contributed by atoms with Gasteiger partial charge in [-0.2, -0.15) is 9.40 Å². The number of hydrogen-bond donors (Lipinski definition) is 0. The molecule has 3 rings (SSSR count). The van der Waals surface area contributed by atoms with Crippen molar-refractivity contribution in [3.8, 4) is 0 Å². The highest BCUT2D eigenvalue weighted by Crippen LogP contribution is 2.25. The second kappa shape index (κ2) is 5.24. The van der Waals surface area contributed by atoms with Crippen LogP contribution in [-0.2, 0) is 28.9 Å². The molecule has 0 bridgehead atoms. The van der Waals surface area contributed by atoms with Gasteiger partial charge in [0.1, 0.15) is 0 Å². The smallest absolute Gasteiger partial charge is 0.262 e. The molecule has 0 radical (unpaired) electrons. The molecule has 8 nitrogen and oxygen atoms in total. The third-order valence-corrected chi connectivity index (χ3v) is 5.16. The van der Waals surface area contributed by atoms with Gasteiger partial charge in [0.2, 0.25) is 0 Å². The number of imidazole rings is 1. The van der Waals surface area contributed by atoms with Gasteiger partial charge in [-0.1, -0.05) is 0 Å². The van der Waals surface area contributed by atoms with Gasteiger partial charge >= 0.3 is 0 Å². The van der Waals surface area contributed by atoms with E-state index >= 15 is 0 Å². The lowest BCUT2D eigenvalue weighted by Gasteiger charge is -2.31. The molecule has 1 fully saturated rings. The first-order valence-electron chi connectivity index (χ1n) is 6.55. The van der Waals surface area contributed by atoms with E-state index in [0.717, 1.165) is 5.56 Å². The van der Waals surface area contributed by atoms with Crippen molar-refractivity contribution < 1.29 is 13.2 Å². The molecule has 2 aromatic rings. The van der Waals surface area contributed by atoms with Crippen LogP contribution in [0.15, 0.2) is 29.9 Å². The molecule has 3 heterocycles. The Labute approximate surface area is 123 Å². The molecule has 9 heteroatoms. The third kappa shape index (κ3) is 2.71. The quantitative estimate of drug-likeness (QED) is 0.791. The maximum Gasteiger partial charge on any atom is 0.262 e. The Morgan fingerprint density at radius 3 is 2.76 bits per heavy atom. The monoisotopic (exact) mass is 311 g/mol. The minimum absolute atomic E-state index is 0.0665. The molecule has 114 valence electrons. The minimum Gasteiger partial charge on any atom is -0.371 e. The van der Waals surface area contributed by atoms with Crippen molar-refractivity contribution in [1.82, 2.24) is 23.6 Å². The highest BCUT2D eigenvalue weighted by atomic mass is 32.2. The van der Waals surface area contributed by atoms with Gasteiger partial charge in [0.25, 0.3) is 10.0 Å². The van der Waals surface area contributed by atoms with Crippen LogP contribution in [0.5, 0.6) is 0 Å². The van der Waals surface area contributed by atoms with Gasteiger partial charge in [-0.15, -0.1) is 0 Å². The topological polar surface area (TPSA) is 82.2 Å². The Bertz CT molecular complexity index is 736. The van der Waals surface area contributed by atoms with Crippen molar-refractivity contribution in [3.63, 3.8) is 0 Å². The lowest BCUT2D eigenvalue weighted by Crippen LogP contribution is -2.42. The molecule has 2 aromatic heterocycles. The van der Waals surface area contributed by atoms with E-state index in [0.29, 0.717) is 13.2 Å². The molecule has 0 spiro atoms. The van der Waals surface area contributed by atoms with Crippen LogP contribution in [0.25, 0.3) is 0 Å². The van der Waals surface area contributed by atoms with Crippen LogP contribution in [0.2, 0.25) is 0 Å². The summed E-state index contributed by atoms with van der Waals surface area (Å²) in [6, 6.07) is 0. The van der Waals surface area contributed by atoms with E-state index in [4.69, 9.17) is 4.74 Å². The van der Waals surface area contributed by atoms with E-state index < -0.39 is 10.0 Å². The maximum absolute atomic E-state index is 12.6. The Morgan fingerprint density at radius 2 is 2.14 bits per heavy atom. The fraction of sp³-hybridized carbons (Fsp3) is 0.500. The second-order valence-corrected chi connectivity index (χ2v) is 6.93. The summed E-state index contributed by atoms with van der Waals surface area (Å²) in [4.78, 5) is 3.94.